The molecular formula is C24H26N4O. The van der Waals surface area contributed by atoms with Gasteiger partial charge in [0.05, 0.1) is 11.4 Å². The lowest BCUT2D eigenvalue weighted by atomic mass is 9.90. The van der Waals surface area contributed by atoms with Crippen LogP contribution in [0.4, 0.5) is 5.69 Å². The summed E-state index contributed by atoms with van der Waals surface area (Å²) in [6.07, 6.45) is 0. The quantitative estimate of drug-likeness (QED) is 0.523. The minimum absolute atomic E-state index is 0.102. The van der Waals surface area contributed by atoms with Crippen LogP contribution in [0.5, 0.6) is 0 Å². The van der Waals surface area contributed by atoms with Crippen LogP contribution in [0.1, 0.15) is 37.6 Å². The smallest absolute Gasteiger partial charge is 0.254 e. The number of benzene rings is 2. The summed E-state index contributed by atoms with van der Waals surface area (Å²) in [4.78, 5) is 15.9. The van der Waals surface area contributed by atoms with E-state index in [1.807, 2.05) is 53.2 Å². The lowest BCUT2D eigenvalue weighted by molar-refractivity contribution is 0.565. The Morgan fingerprint density at radius 3 is 2.38 bits per heavy atom. The zero-order chi connectivity index (χ0) is 20.6. The van der Waals surface area contributed by atoms with Crippen molar-refractivity contribution in [1.29, 1.82) is 0 Å². The first-order chi connectivity index (χ1) is 13.8. The fraction of sp³-hybridized carbons (Fsp3) is 0.250. The molecule has 0 saturated heterocycles. The summed E-state index contributed by atoms with van der Waals surface area (Å²) in [5.74, 6) is 0. The van der Waals surface area contributed by atoms with Gasteiger partial charge in [0.25, 0.3) is 5.56 Å². The van der Waals surface area contributed by atoms with Crippen molar-refractivity contribution in [2.45, 2.75) is 39.7 Å². The molecule has 4 aromatic rings. The summed E-state index contributed by atoms with van der Waals surface area (Å²) >= 11 is 0. The van der Waals surface area contributed by atoms with Gasteiger partial charge in [0.2, 0.25) is 0 Å². The van der Waals surface area contributed by atoms with Gasteiger partial charge in [-0.15, -0.1) is 0 Å². The van der Waals surface area contributed by atoms with E-state index in [4.69, 9.17) is 5.10 Å². The number of H-pyrrole nitrogens is 1. The Balaban J connectivity index is 1.79. The molecule has 2 aromatic carbocycles. The standard InChI is InChI=1S/C24H26N4O/c1-16-10-12-18(13-11-16)25-15-17-14-20-21(24(2,3)4)27-28(22(20)26-23(17)29)19-8-6-5-7-9-19/h5-14,25H,15H2,1-4H3,(H,26,29). The summed E-state index contributed by atoms with van der Waals surface area (Å²) < 4.78 is 1.83. The van der Waals surface area contributed by atoms with E-state index in [2.05, 4.69) is 50.1 Å². The molecule has 0 bridgehead atoms. The third-order valence-electron chi connectivity index (χ3n) is 5.01. The zero-order valence-corrected chi connectivity index (χ0v) is 17.3. The largest absolute Gasteiger partial charge is 0.381 e. The predicted molar refractivity (Wildman–Crippen MR) is 119 cm³/mol. The number of aromatic amines is 1. The maximum atomic E-state index is 12.8. The molecule has 2 aromatic heterocycles. The molecular weight excluding hydrogens is 360 g/mol. The summed E-state index contributed by atoms with van der Waals surface area (Å²) in [7, 11) is 0. The van der Waals surface area contributed by atoms with Crippen LogP contribution < -0.4 is 10.9 Å². The predicted octanol–water partition coefficient (Wildman–Crippen LogP) is 4.93. The van der Waals surface area contributed by atoms with E-state index < -0.39 is 0 Å². The minimum atomic E-state index is -0.155. The first kappa shape index (κ1) is 19.0. The highest BCUT2D eigenvalue weighted by atomic mass is 16.1. The van der Waals surface area contributed by atoms with Crippen molar-refractivity contribution < 1.29 is 0 Å². The van der Waals surface area contributed by atoms with Crippen LogP contribution in [0.2, 0.25) is 0 Å². The van der Waals surface area contributed by atoms with Gasteiger partial charge in [0.1, 0.15) is 5.65 Å². The molecule has 2 heterocycles. The van der Waals surface area contributed by atoms with Crippen molar-refractivity contribution in [2.75, 3.05) is 5.32 Å². The van der Waals surface area contributed by atoms with Crippen LogP contribution in [-0.2, 0) is 12.0 Å². The van der Waals surface area contributed by atoms with E-state index >= 15 is 0 Å². The Labute approximate surface area is 170 Å². The Morgan fingerprint density at radius 2 is 1.72 bits per heavy atom. The number of para-hydroxylation sites is 1. The van der Waals surface area contributed by atoms with Crippen molar-refractivity contribution in [3.05, 3.63) is 87.8 Å². The Hall–Kier alpha value is -3.34. The second kappa shape index (κ2) is 7.24. The average Bonchev–Trinajstić information content (AvgIpc) is 3.07. The number of hydrogen-bond acceptors (Lipinski definition) is 3. The van der Waals surface area contributed by atoms with Gasteiger partial charge >= 0.3 is 0 Å². The normalized spacial score (nSPS) is 11.7. The first-order valence-corrected chi connectivity index (χ1v) is 9.84. The van der Waals surface area contributed by atoms with E-state index in [1.165, 1.54) is 5.56 Å². The summed E-state index contributed by atoms with van der Waals surface area (Å²) in [5.41, 5.74) is 5.25. The second-order valence-corrected chi connectivity index (χ2v) is 8.45. The molecule has 0 spiro atoms. The van der Waals surface area contributed by atoms with Crippen LogP contribution in [0.25, 0.3) is 16.7 Å². The van der Waals surface area contributed by atoms with Crippen molar-refractivity contribution in [1.82, 2.24) is 14.8 Å². The molecule has 0 aliphatic heterocycles. The third kappa shape index (κ3) is 3.81. The third-order valence-corrected chi connectivity index (χ3v) is 5.01. The molecule has 29 heavy (non-hydrogen) atoms. The van der Waals surface area contributed by atoms with E-state index in [9.17, 15) is 4.79 Å². The highest BCUT2D eigenvalue weighted by Gasteiger charge is 2.24. The Morgan fingerprint density at radius 1 is 1.03 bits per heavy atom. The number of aromatic nitrogens is 3. The molecule has 0 saturated carbocycles. The fourth-order valence-electron chi connectivity index (χ4n) is 3.42. The van der Waals surface area contributed by atoms with Gasteiger partial charge in [-0.2, -0.15) is 5.10 Å². The average molecular weight is 386 g/mol. The molecule has 0 unspecified atom stereocenters. The van der Waals surface area contributed by atoms with Crippen LogP contribution in [-0.4, -0.2) is 14.8 Å². The molecule has 0 fully saturated rings. The van der Waals surface area contributed by atoms with E-state index in [0.717, 1.165) is 28.1 Å². The van der Waals surface area contributed by atoms with Gasteiger partial charge in [-0.3, -0.25) is 4.79 Å². The summed E-state index contributed by atoms with van der Waals surface area (Å²) in [6.45, 7) is 8.92. The molecule has 148 valence electrons. The van der Waals surface area contributed by atoms with E-state index in [0.29, 0.717) is 12.1 Å². The van der Waals surface area contributed by atoms with Crippen molar-refractivity contribution in [2.24, 2.45) is 0 Å². The molecule has 4 rings (SSSR count). The number of aryl methyl sites for hydroxylation is 1. The van der Waals surface area contributed by atoms with Gasteiger partial charge in [0.15, 0.2) is 0 Å². The molecule has 0 amide bonds. The lowest BCUT2D eigenvalue weighted by Crippen LogP contribution is -2.17. The number of anilines is 1. The first-order valence-electron chi connectivity index (χ1n) is 9.84. The van der Waals surface area contributed by atoms with Gasteiger partial charge in [-0.25, -0.2) is 4.68 Å². The van der Waals surface area contributed by atoms with Crippen LogP contribution in [0.3, 0.4) is 0 Å². The van der Waals surface area contributed by atoms with Gasteiger partial charge < -0.3 is 10.3 Å². The number of nitrogens with one attached hydrogen (secondary N) is 2. The SMILES string of the molecule is Cc1ccc(NCc2cc3c(C(C)(C)C)nn(-c4ccccc4)c3[nH]c2=O)cc1. The number of pyridine rings is 1. The van der Waals surface area contributed by atoms with Gasteiger partial charge in [-0.05, 0) is 37.3 Å². The van der Waals surface area contributed by atoms with Crippen molar-refractivity contribution in [3.63, 3.8) is 0 Å². The summed E-state index contributed by atoms with van der Waals surface area (Å²) in [5, 5.41) is 9.18. The maximum absolute atomic E-state index is 12.8. The number of rotatable bonds is 4. The molecule has 0 aliphatic rings. The van der Waals surface area contributed by atoms with Crippen molar-refractivity contribution >= 4 is 16.7 Å². The molecule has 0 atom stereocenters. The number of nitrogens with zero attached hydrogens (tertiary/aromatic N) is 2. The highest BCUT2D eigenvalue weighted by molar-refractivity contribution is 5.81. The highest BCUT2D eigenvalue weighted by Crippen LogP contribution is 2.30. The monoisotopic (exact) mass is 386 g/mol. The molecule has 5 nitrogen and oxygen atoms in total. The fourth-order valence-corrected chi connectivity index (χ4v) is 3.42. The maximum Gasteiger partial charge on any atom is 0.254 e. The van der Waals surface area contributed by atoms with Crippen molar-refractivity contribution in [3.8, 4) is 5.69 Å². The van der Waals surface area contributed by atoms with Crippen LogP contribution in [0.15, 0.2) is 65.5 Å². The zero-order valence-electron chi connectivity index (χ0n) is 17.3. The molecule has 0 aliphatic carbocycles. The second-order valence-electron chi connectivity index (χ2n) is 8.45. The Kier molecular flexibility index (Phi) is 4.74. The number of fused-ring (bicyclic) bond motifs is 1. The minimum Gasteiger partial charge on any atom is -0.381 e. The number of hydrogen-bond donors (Lipinski definition) is 2. The Bertz CT molecular complexity index is 1200. The molecule has 5 heteroatoms. The summed E-state index contributed by atoms with van der Waals surface area (Å²) in [6, 6.07) is 20.0. The van der Waals surface area contributed by atoms with Crippen LogP contribution in [0, 0.1) is 6.92 Å². The molecule has 0 radical (unpaired) electrons. The van der Waals surface area contributed by atoms with Gasteiger partial charge in [-0.1, -0.05) is 56.7 Å². The van der Waals surface area contributed by atoms with E-state index in [1.54, 1.807) is 0 Å². The lowest BCUT2D eigenvalue weighted by Gasteiger charge is -2.15. The topological polar surface area (TPSA) is 62.7 Å². The van der Waals surface area contributed by atoms with E-state index in [-0.39, 0.29) is 11.0 Å². The molecule has 2 N–H and O–H groups in total. The van der Waals surface area contributed by atoms with Gasteiger partial charge in [0, 0.05) is 28.6 Å². The van der Waals surface area contributed by atoms with Crippen LogP contribution >= 0.6 is 0 Å².